The number of methoxy groups -OCH3 is 1. The maximum atomic E-state index is 12.8. The van der Waals surface area contributed by atoms with Crippen molar-refractivity contribution in [2.24, 2.45) is 0 Å². The van der Waals surface area contributed by atoms with Crippen LogP contribution < -0.4 is 9.47 Å². The average Bonchev–Trinajstić information content (AvgIpc) is 2.59. The third-order valence-corrected chi connectivity index (χ3v) is 4.65. The maximum absolute atomic E-state index is 12.8. The van der Waals surface area contributed by atoms with E-state index in [-0.39, 0.29) is 5.91 Å². The Bertz CT molecular complexity index is 541. The van der Waals surface area contributed by atoms with Gasteiger partial charge in [-0.2, -0.15) is 0 Å². The molecule has 1 saturated carbocycles. The summed E-state index contributed by atoms with van der Waals surface area (Å²) in [6, 6.07) is 3.71. The summed E-state index contributed by atoms with van der Waals surface area (Å²) < 4.78 is 11.0. The first kappa shape index (κ1) is 17.9. The second-order valence-electron chi connectivity index (χ2n) is 6.05. The Morgan fingerprint density at radius 2 is 2.00 bits per heavy atom. The van der Waals surface area contributed by atoms with Crippen molar-refractivity contribution in [2.75, 3.05) is 20.8 Å². The van der Waals surface area contributed by atoms with E-state index in [4.69, 9.17) is 21.1 Å². The summed E-state index contributed by atoms with van der Waals surface area (Å²) in [7, 11) is 3.43. The Balaban J connectivity index is 2.21. The van der Waals surface area contributed by atoms with Crippen LogP contribution >= 0.6 is 11.6 Å². The molecule has 1 aliphatic rings. The molecule has 0 saturated heterocycles. The molecule has 0 bridgehead atoms. The fourth-order valence-electron chi connectivity index (χ4n) is 3.03. The monoisotopic (exact) mass is 339 g/mol. The molecule has 0 aromatic heterocycles. The van der Waals surface area contributed by atoms with E-state index < -0.39 is 0 Å². The zero-order chi connectivity index (χ0) is 16.8. The minimum atomic E-state index is -0.0147. The van der Waals surface area contributed by atoms with Crippen LogP contribution in [-0.2, 0) is 0 Å². The zero-order valence-corrected chi connectivity index (χ0v) is 15.0. The summed E-state index contributed by atoms with van der Waals surface area (Å²) in [6.07, 6.45) is 6.67. The number of benzene rings is 1. The predicted molar refractivity (Wildman–Crippen MR) is 92.8 cm³/mol. The summed E-state index contributed by atoms with van der Waals surface area (Å²) in [4.78, 5) is 14.6. The van der Waals surface area contributed by atoms with Gasteiger partial charge in [0.1, 0.15) is 0 Å². The van der Waals surface area contributed by atoms with Crippen LogP contribution in [0.4, 0.5) is 0 Å². The molecular formula is C18H26ClNO3. The molecular weight excluding hydrogens is 314 g/mol. The molecule has 0 spiro atoms. The third kappa shape index (κ3) is 4.31. The highest BCUT2D eigenvalue weighted by molar-refractivity contribution is 6.32. The van der Waals surface area contributed by atoms with Crippen LogP contribution in [-0.4, -0.2) is 37.6 Å². The van der Waals surface area contributed by atoms with Crippen molar-refractivity contribution in [3.8, 4) is 11.5 Å². The van der Waals surface area contributed by atoms with Gasteiger partial charge in [0.15, 0.2) is 11.5 Å². The molecule has 0 heterocycles. The van der Waals surface area contributed by atoms with Gasteiger partial charge in [0.2, 0.25) is 0 Å². The van der Waals surface area contributed by atoms with Crippen molar-refractivity contribution in [3.63, 3.8) is 0 Å². The number of rotatable bonds is 6. The molecule has 0 aliphatic heterocycles. The van der Waals surface area contributed by atoms with Gasteiger partial charge in [0.25, 0.3) is 5.91 Å². The lowest BCUT2D eigenvalue weighted by Gasteiger charge is -2.31. The number of amides is 1. The fourth-order valence-corrected chi connectivity index (χ4v) is 3.29. The van der Waals surface area contributed by atoms with Gasteiger partial charge in [-0.1, -0.05) is 37.8 Å². The zero-order valence-electron chi connectivity index (χ0n) is 14.2. The second-order valence-corrected chi connectivity index (χ2v) is 6.45. The molecule has 1 amide bonds. The van der Waals surface area contributed by atoms with Gasteiger partial charge >= 0.3 is 0 Å². The molecule has 5 heteroatoms. The number of halogens is 1. The van der Waals surface area contributed by atoms with E-state index in [1.54, 1.807) is 19.2 Å². The highest BCUT2D eigenvalue weighted by Gasteiger charge is 2.24. The van der Waals surface area contributed by atoms with Crippen LogP contribution in [0.15, 0.2) is 12.1 Å². The Hall–Kier alpha value is -1.42. The van der Waals surface area contributed by atoms with Crippen molar-refractivity contribution < 1.29 is 14.3 Å². The van der Waals surface area contributed by atoms with E-state index in [0.29, 0.717) is 34.7 Å². The van der Waals surface area contributed by atoms with Crippen LogP contribution in [0.25, 0.3) is 0 Å². The summed E-state index contributed by atoms with van der Waals surface area (Å²) in [5.74, 6) is 0.998. The van der Waals surface area contributed by atoms with E-state index in [0.717, 1.165) is 19.3 Å². The minimum Gasteiger partial charge on any atom is -0.493 e. The first-order chi connectivity index (χ1) is 11.1. The normalized spacial score (nSPS) is 15.3. The SMILES string of the molecule is CCCOc1c(Cl)cc(C(=O)N(C)C2CCCCC2)cc1OC. The molecule has 1 aliphatic carbocycles. The van der Waals surface area contributed by atoms with Gasteiger partial charge in [-0.25, -0.2) is 0 Å². The summed E-state index contributed by atoms with van der Waals surface area (Å²) >= 11 is 6.31. The molecule has 1 fully saturated rings. The van der Waals surface area contributed by atoms with E-state index in [1.807, 2.05) is 18.9 Å². The molecule has 0 radical (unpaired) electrons. The standard InChI is InChI=1S/C18H26ClNO3/c1-4-10-23-17-15(19)11-13(12-16(17)22-3)18(21)20(2)14-8-6-5-7-9-14/h11-12,14H,4-10H2,1-3H3. The Morgan fingerprint density at radius 3 is 2.61 bits per heavy atom. The van der Waals surface area contributed by atoms with Crippen molar-refractivity contribution in [1.29, 1.82) is 0 Å². The van der Waals surface area contributed by atoms with Gasteiger partial charge in [-0.3, -0.25) is 4.79 Å². The molecule has 2 rings (SSSR count). The lowest BCUT2D eigenvalue weighted by Crippen LogP contribution is -2.38. The highest BCUT2D eigenvalue weighted by atomic mass is 35.5. The van der Waals surface area contributed by atoms with Crippen LogP contribution in [0.2, 0.25) is 5.02 Å². The largest absolute Gasteiger partial charge is 0.493 e. The number of nitrogens with zero attached hydrogens (tertiary/aromatic N) is 1. The summed E-state index contributed by atoms with van der Waals surface area (Å²) in [6.45, 7) is 2.59. The molecule has 128 valence electrons. The number of ether oxygens (including phenoxy) is 2. The number of hydrogen-bond donors (Lipinski definition) is 0. The Kier molecular flexibility index (Phi) is 6.58. The molecule has 0 N–H and O–H groups in total. The average molecular weight is 340 g/mol. The van der Waals surface area contributed by atoms with Gasteiger partial charge in [0.05, 0.1) is 18.7 Å². The first-order valence-corrected chi connectivity index (χ1v) is 8.73. The van der Waals surface area contributed by atoms with E-state index in [9.17, 15) is 4.79 Å². The minimum absolute atomic E-state index is 0.0147. The number of carbonyl (C=O) groups is 1. The van der Waals surface area contributed by atoms with Crippen molar-refractivity contribution in [3.05, 3.63) is 22.7 Å². The van der Waals surface area contributed by atoms with Gasteiger partial charge in [-0.15, -0.1) is 0 Å². The quantitative estimate of drug-likeness (QED) is 0.763. The van der Waals surface area contributed by atoms with Crippen LogP contribution in [0.3, 0.4) is 0 Å². The van der Waals surface area contributed by atoms with Gasteiger partial charge < -0.3 is 14.4 Å². The first-order valence-electron chi connectivity index (χ1n) is 8.36. The van der Waals surface area contributed by atoms with Crippen LogP contribution in [0.5, 0.6) is 11.5 Å². The summed E-state index contributed by atoms with van der Waals surface area (Å²) in [5, 5.41) is 0.415. The molecule has 0 atom stereocenters. The Labute approximate surface area is 143 Å². The van der Waals surface area contributed by atoms with E-state index in [2.05, 4.69) is 0 Å². The number of hydrogen-bond acceptors (Lipinski definition) is 3. The number of carbonyl (C=O) groups excluding carboxylic acids is 1. The fraction of sp³-hybridized carbons (Fsp3) is 0.611. The Morgan fingerprint density at radius 1 is 1.30 bits per heavy atom. The van der Waals surface area contributed by atoms with E-state index >= 15 is 0 Å². The van der Waals surface area contributed by atoms with Crippen molar-refractivity contribution in [1.82, 2.24) is 4.90 Å². The molecule has 23 heavy (non-hydrogen) atoms. The lowest BCUT2D eigenvalue weighted by molar-refractivity contribution is 0.0696. The van der Waals surface area contributed by atoms with Crippen molar-refractivity contribution >= 4 is 17.5 Å². The molecule has 1 aromatic rings. The topological polar surface area (TPSA) is 38.8 Å². The molecule has 4 nitrogen and oxygen atoms in total. The molecule has 1 aromatic carbocycles. The maximum Gasteiger partial charge on any atom is 0.254 e. The van der Waals surface area contributed by atoms with Crippen molar-refractivity contribution in [2.45, 2.75) is 51.5 Å². The lowest BCUT2D eigenvalue weighted by atomic mass is 9.94. The smallest absolute Gasteiger partial charge is 0.254 e. The predicted octanol–water partition coefficient (Wildman–Crippen LogP) is 4.54. The van der Waals surface area contributed by atoms with Crippen LogP contribution in [0, 0.1) is 0 Å². The highest BCUT2D eigenvalue weighted by Crippen LogP contribution is 2.37. The molecule has 0 unspecified atom stereocenters. The second kappa shape index (κ2) is 8.44. The van der Waals surface area contributed by atoms with Crippen LogP contribution in [0.1, 0.15) is 55.8 Å². The third-order valence-electron chi connectivity index (χ3n) is 4.37. The summed E-state index contributed by atoms with van der Waals surface area (Å²) in [5.41, 5.74) is 0.545. The van der Waals surface area contributed by atoms with Gasteiger partial charge in [0, 0.05) is 18.7 Å². The van der Waals surface area contributed by atoms with Gasteiger partial charge in [-0.05, 0) is 31.4 Å². The van der Waals surface area contributed by atoms with E-state index in [1.165, 1.54) is 19.3 Å².